The first-order valence-electron chi connectivity index (χ1n) is 4.64. The molecule has 16 heavy (non-hydrogen) atoms. The highest BCUT2D eigenvalue weighted by Crippen LogP contribution is 2.27. The summed E-state index contributed by atoms with van der Waals surface area (Å²) in [4.78, 5) is 0.181. The number of rotatable bonds is 2. The smallest absolute Gasteiger partial charge is 0.243 e. The Kier molecular flexibility index (Phi) is 2.95. The van der Waals surface area contributed by atoms with E-state index in [1.165, 1.54) is 22.5 Å². The third kappa shape index (κ3) is 1.95. The van der Waals surface area contributed by atoms with E-state index in [0.29, 0.717) is 10.2 Å². The van der Waals surface area contributed by atoms with Gasteiger partial charge in [0.15, 0.2) is 0 Å². The first kappa shape index (κ1) is 11.8. The molecule has 0 bridgehead atoms. The zero-order valence-electron chi connectivity index (χ0n) is 8.30. The fourth-order valence-corrected chi connectivity index (χ4v) is 3.50. The van der Waals surface area contributed by atoms with Crippen molar-refractivity contribution < 1.29 is 13.5 Å². The van der Waals surface area contributed by atoms with Gasteiger partial charge in [-0.25, -0.2) is 8.42 Å². The molecular weight excluding hydrogens is 296 g/mol. The van der Waals surface area contributed by atoms with Crippen LogP contribution in [0.2, 0.25) is 0 Å². The Bertz CT molecular complexity index is 511. The van der Waals surface area contributed by atoms with E-state index in [1.54, 1.807) is 0 Å². The van der Waals surface area contributed by atoms with E-state index in [2.05, 4.69) is 15.9 Å². The molecule has 3 N–H and O–H groups in total. The van der Waals surface area contributed by atoms with Gasteiger partial charge in [0.05, 0.1) is 11.0 Å². The Hall–Kier alpha value is -0.630. The van der Waals surface area contributed by atoms with Crippen LogP contribution >= 0.6 is 15.9 Å². The lowest BCUT2D eigenvalue weighted by Gasteiger charge is -2.34. The highest BCUT2D eigenvalue weighted by atomic mass is 79.9. The van der Waals surface area contributed by atoms with Gasteiger partial charge in [-0.05, 0) is 34.1 Å². The summed E-state index contributed by atoms with van der Waals surface area (Å²) < 4.78 is 25.7. The fourth-order valence-electron chi connectivity index (χ4n) is 1.43. The number of β-amino-alcohol motifs (C(OH)–C–C–N with tert-alkyl or cyclic N) is 1. The van der Waals surface area contributed by atoms with Crippen LogP contribution in [0, 0.1) is 0 Å². The van der Waals surface area contributed by atoms with Crippen molar-refractivity contribution in [3.05, 3.63) is 22.7 Å². The number of hydrogen-bond donors (Lipinski definition) is 2. The Morgan fingerprint density at radius 1 is 1.44 bits per heavy atom. The molecule has 1 aromatic carbocycles. The lowest BCUT2D eigenvalue weighted by atomic mass is 10.2. The number of anilines is 1. The molecule has 5 nitrogen and oxygen atoms in total. The van der Waals surface area contributed by atoms with E-state index >= 15 is 0 Å². The minimum absolute atomic E-state index is 0.157. The van der Waals surface area contributed by atoms with Gasteiger partial charge in [-0.1, -0.05) is 0 Å². The Balaban J connectivity index is 2.33. The van der Waals surface area contributed by atoms with Crippen LogP contribution in [-0.4, -0.2) is 37.0 Å². The van der Waals surface area contributed by atoms with E-state index in [0.717, 1.165) is 0 Å². The monoisotopic (exact) mass is 306 g/mol. The molecule has 1 aromatic rings. The zero-order valence-corrected chi connectivity index (χ0v) is 10.7. The highest BCUT2D eigenvalue weighted by molar-refractivity contribution is 9.10. The van der Waals surface area contributed by atoms with Crippen molar-refractivity contribution in [3.8, 4) is 0 Å². The van der Waals surface area contributed by atoms with Crippen LogP contribution in [0.15, 0.2) is 27.6 Å². The molecule has 1 heterocycles. The molecule has 0 aliphatic carbocycles. The molecule has 2 rings (SSSR count). The molecular formula is C9H11BrN2O3S. The molecule has 1 aliphatic rings. The van der Waals surface area contributed by atoms with Crippen LogP contribution in [0.1, 0.15) is 0 Å². The average Bonchev–Trinajstić information content (AvgIpc) is 2.17. The first-order valence-corrected chi connectivity index (χ1v) is 6.88. The maximum Gasteiger partial charge on any atom is 0.243 e. The summed E-state index contributed by atoms with van der Waals surface area (Å²) in [6, 6.07) is 4.46. The number of aliphatic hydroxyl groups is 1. The van der Waals surface area contributed by atoms with E-state index in [-0.39, 0.29) is 18.0 Å². The maximum atomic E-state index is 12.0. The number of nitrogen functional groups attached to an aromatic ring is 1. The molecule has 1 saturated heterocycles. The van der Waals surface area contributed by atoms with Gasteiger partial charge in [0, 0.05) is 23.2 Å². The van der Waals surface area contributed by atoms with Crippen molar-refractivity contribution in [2.24, 2.45) is 0 Å². The number of aliphatic hydroxyl groups excluding tert-OH is 1. The van der Waals surface area contributed by atoms with Gasteiger partial charge in [-0.2, -0.15) is 4.31 Å². The van der Waals surface area contributed by atoms with Crippen molar-refractivity contribution >= 4 is 31.6 Å². The summed E-state index contributed by atoms with van der Waals surface area (Å²) in [7, 11) is -3.49. The summed E-state index contributed by atoms with van der Waals surface area (Å²) in [5.74, 6) is 0. The van der Waals surface area contributed by atoms with Crippen LogP contribution in [0.3, 0.4) is 0 Å². The lowest BCUT2D eigenvalue weighted by Crippen LogP contribution is -2.53. The normalized spacial score (nSPS) is 18.4. The summed E-state index contributed by atoms with van der Waals surface area (Å²) in [6.45, 7) is 0.314. The molecule has 0 spiro atoms. The topological polar surface area (TPSA) is 83.6 Å². The van der Waals surface area contributed by atoms with Gasteiger partial charge in [0.1, 0.15) is 0 Å². The van der Waals surface area contributed by atoms with E-state index in [9.17, 15) is 8.42 Å². The maximum absolute atomic E-state index is 12.0. The molecule has 1 fully saturated rings. The summed E-state index contributed by atoms with van der Waals surface area (Å²) in [5.41, 5.74) is 6.07. The third-order valence-corrected chi connectivity index (χ3v) is 4.95. The van der Waals surface area contributed by atoms with E-state index in [4.69, 9.17) is 10.8 Å². The summed E-state index contributed by atoms with van der Waals surface area (Å²) in [5, 5.41) is 9.09. The number of halogens is 1. The predicted molar refractivity (Wildman–Crippen MR) is 63.3 cm³/mol. The summed E-state index contributed by atoms with van der Waals surface area (Å²) in [6.07, 6.45) is -0.549. The van der Waals surface area contributed by atoms with Crippen LogP contribution in [0.4, 0.5) is 5.69 Å². The first-order chi connectivity index (χ1) is 7.41. The molecule has 0 amide bonds. The third-order valence-electron chi connectivity index (χ3n) is 2.44. The van der Waals surface area contributed by atoms with Crippen molar-refractivity contribution in [1.82, 2.24) is 4.31 Å². The van der Waals surface area contributed by atoms with Gasteiger partial charge in [-0.3, -0.25) is 0 Å². The molecule has 88 valence electrons. The number of nitrogens with two attached hydrogens (primary N) is 1. The molecule has 0 atom stereocenters. The van der Waals surface area contributed by atoms with Crippen LogP contribution in [0.25, 0.3) is 0 Å². The minimum Gasteiger partial charge on any atom is -0.398 e. The fraction of sp³-hybridized carbons (Fsp3) is 0.333. The van der Waals surface area contributed by atoms with Crippen LogP contribution in [-0.2, 0) is 10.0 Å². The van der Waals surface area contributed by atoms with Crippen molar-refractivity contribution in [2.45, 2.75) is 11.0 Å². The predicted octanol–water partition coefficient (Wildman–Crippen LogP) is 0.396. The molecule has 1 aliphatic heterocycles. The zero-order chi connectivity index (χ0) is 11.9. The second kappa shape index (κ2) is 3.99. The van der Waals surface area contributed by atoms with Crippen molar-refractivity contribution in [3.63, 3.8) is 0 Å². The van der Waals surface area contributed by atoms with Gasteiger partial charge >= 0.3 is 0 Å². The molecule has 0 unspecified atom stereocenters. The molecule has 7 heteroatoms. The van der Waals surface area contributed by atoms with Crippen molar-refractivity contribution in [2.75, 3.05) is 18.8 Å². The number of hydrogen-bond acceptors (Lipinski definition) is 4. The second-order valence-corrected chi connectivity index (χ2v) is 6.45. The lowest BCUT2D eigenvalue weighted by molar-refractivity contribution is 0.0548. The largest absolute Gasteiger partial charge is 0.398 e. The Morgan fingerprint density at radius 3 is 2.56 bits per heavy atom. The van der Waals surface area contributed by atoms with Crippen molar-refractivity contribution in [1.29, 1.82) is 0 Å². The average molecular weight is 307 g/mol. The van der Waals surface area contributed by atoms with Gasteiger partial charge in [0.2, 0.25) is 10.0 Å². The van der Waals surface area contributed by atoms with Gasteiger partial charge in [0.25, 0.3) is 0 Å². The highest BCUT2D eigenvalue weighted by Gasteiger charge is 2.35. The van der Waals surface area contributed by atoms with E-state index in [1.807, 2.05) is 0 Å². The van der Waals surface area contributed by atoms with Gasteiger partial charge < -0.3 is 10.8 Å². The number of sulfonamides is 1. The SMILES string of the molecule is Nc1ccc(S(=O)(=O)N2CC(O)C2)cc1Br. The second-order valence-electron chi connectivity index (χ2n) is 3.66. The minimum atomic E-state index is -3.49. The van der Waals surface area contributed by atoms with Crippen LogP contribution in [0.5, 0.6) is 0 Å². The quantitative estimate of drug-likeness (QED) is 0.775. The van der Waals surface area contributed by atoms with E-state index < -0.39 is 16.1 Å². The van der Waals surface area contributed by atoms with Crippen LogP contribution < -0.4 is 5.73 Å². The molecule has 0 saturated carbocycles. The summed E-state index contributed by atoms with van der Waals surface area (Å²) >= 11 is 3.18. The Labute approximate surface area is 102 Å². The number of nitrogens with zero attached hydrogens (tertiary/aromatic N) is 1. The Morgan fingerprint density at radius 2 is 2.06 bits per heavy atom. The molecule has 0 radical (unpaired) electrons. The van der Waals surface area contributed by atoms with Gasteiger partial charge in [-0.15, -0.1) is 0 Å². The standard InChI is InChI=1S/C9H11BrN2O3S/c10-8-3-7(1-2-9(8)11)16(14,15)12-4-6(13)5-12/h1-3,6,13H,4-5,11H2. The molecule has 0 aromatic heterocycles. The number of benzene rings is 1.